The molecule has 0 aliphatic rings. The number of benzene rings is 2. The molecule has 0 saturated heterocycles. The smallest absolute Gasteiger partial charge is 0.145 e. The van der Waals surface area contributed by atoms with E-state index in [9.17, 15) is 4.39 Å². The molecule has 5 heteroatoms. The molecular weight excluding hydrogens is 279 g/mol. The van der Waals surface area contributed by atoms with Gasteiger partial charge in [0.2, 0.25) is 0 Å². The number of nitrogens with one attached hydrogen (secondary N) is 1. The summed E-state index contributed by atoms with van der Waals surface area (Å²) >= 11 is 5.61. The summed E-state index contributed by atoms with van der Waals surface area (Å²) in [7, 11) is 0. The van der Waals surface area contributed by atoms with E-state index in [0.717, 1.165) is 11.1 Å². The van der Waals surface area contributed by atoms with Gasteiger partial charge in [0.25, 0.3) is 0 Å². The normalized spacial score (nSPS) is 10.3. The fourth-order valence-corrected chi connectivity index (χ4v) is 1.87. The molecule has 2 aromatic carbocycles. The molecule has 0 aliphatic heterocycles. The second-order valence-electron chi connectivity index (χ2n) is 4.42. The lowest BCUT2D eigenvalue weighted by Crippen LogP contribution is -2.11. The maximum absolute atomic E-state index is 13.3. The van der Waals surface area contributed by atoms with E-state index in [2.05, 4.69) is 0 Å². The van der Waals surface area contributed by atoms with Gasteiger partial charge in [-0.3, -0.25) is 5.41 Å². The Kier molecular flexibility index (Phi) is 4.25. The summed E-state index contributed by atoms with van der Waals surface area (Å²) in [6.45, 7) is 2.22. The van der Waals surface area contributed by atoms with Gasteiger partial charge >= 0.3 is 0 Å². The molecule has 0 aromatic heterocycles. The van der Waals surface area contributed by atoms with Crippen LogP contribution in [-0.2, 0) is 6.61 Å². The van der Waals surface area contributed by atoms with Gasteiger partial charge in [-0.2, -0.15) is 0 Å². The van der Waals surface area contributed by atoms with E-state index < -0.39 is 5.82 Å². The van der Waals surface area contributed by atoms with Gasteiger partial charge in [-0.25, -0.2) is 4.39 Å². The maximum Gasteiger partial charge on any atom is 0.145 e. The molecule has 3 nitrogen and oxygen atoms in total. The Bertz CT molecular complexity index is 658. The third kappa shape index (κ3) is 3.27. The fourth-order valence-electron chi connectivity index (χ4n) is 1.75. The minimum Gasteiger partial charge on any atom is -0.489 e. The van der Waals surface area contributed by atoms with Gasteiger partial charge in [0.1, 0.15) is 24.0 Å². The standard InChI is InChI=1S/C15H14ClFN2O/c1-9-6-10(15(18)19)2-3-11(9)8-20-12-4-5-13(16)14(17)7-12/h2-7H,8H2,1H3,(H3,18,19). The van der Waals surface area contributed by atoms with E-state index in [0.29, 0.717) is 17.9 Å². The molecule has 0 saturated carbocycles. The molecule has 0 spiro atoms. The van der Waals surface area contributed by atoms with Crippen molar-refractivity contribution in [1.82, 2.24) is 0 Å². The number of halogens is 2. The van der Waals surface area contributed by atoms with Crippen LogP contribution < -0.4 is 10.5 Å². The first kappa shape index (κ1) is 14.3. The molecular formula is C15H14ClFN2O. The molecule has 3 N–H and O–H groups in total. The average Bonchev–Trinajstić information content (AvgIpc) is 2.41. The largest absolute Gasteiger partial charge is 0.489 e. The van der Waals surface area contributed by atoms with Gasteiger partial charge in [0, 0.05) is 11.6 Å². The number of rotatable bonds is 4. The van der Waals surface area contributed by atoms with Crippen molar-refractivity contribution in [2.45, 2.75) is 13.5 Å². The predicted octanol–water partition coefficient (Wildman–Crippen LogP) is 3.65. The van der Waals surface area contributed by atoms with Crippen LogP contribution in [0.1, 0.15) is 16.7 Å². The van der Waals surface area contributed by atoms with E-state index >= 15 is 0 Å². The van der Waals surface area contributed by atoms with Crippen LogP contribution in [0.15, 0.2) is 36.4 Å². The molecule has 0 heterocycles. The number of aryl methyl sites for hydroxylation is 1. The third-order valence-electron chi connectivity index (χ3n) is 2.94. The van der Waals surface area contributed by atoms with Crippen LogP contribution in [0.4, 0.5) is 4.39 Å². The van der Waals surface area contributed by atoms with Gasteiger partial charge in [-0.1, -0.05) is 23.7 Å². The van der Waals surface area contributed by atoms with Crippen molar-refractivity contribution in [2.75, 3.05) is 0 Å². The zero-order valence-electron chi connectivity index (χ0n) is 10.9. The van der Waals surface area contributed by atoms with Gasteiger partial charge in [0.05, 0.1) is 5.02 Å². The van der Waals surface area contributed by atoms with E-state index in [1.807, 2.05) is 19.1 Å². The molecule has 0 fully saturated rings. The van der Waals surface area contributed by atoms with E-state index in [1.54, 1.807) is 12.1 Å². The summed E-state index contributed by atoms with van der Waals surface area (Å²) in [4.78, 5) is 0. The SMILES string of the molecule is Cc1cc(C(=N)N)ccc1COc1ccc(Cl)c(F)c1. The van der Waals surface area contributed by atoms with Crippen LogP contribution in [-0.4, -0.2) is 5.84 Å². The molecule has 20 heavy (non-hydrogen) atoms. The number of ether oxygens (including phenoxy) is 1. The van der Waals surface area contributed by atoms with Crippen molar-refractivity contribution in [3.05, 3.63) is 63.9 Å². The summed E-state index contributed by atoms with van der Waals surface area (Å²) in [5, 5.41) is 7.44. The fraction of sp³-hybridized carbons (Fsp3) is 0.133. The lowest BCUT2D eigenvalue weighted by molar-refractivity contribution is 0.304. The Hall–Kier alpha value is -2.07. The Morgan fingerprint density at radius 3 is 2.65 bits per heavy atom. The first-order valence-electron chi connectivity index (χ1n) is 5.99. The summed E-state index contributed by atoms with van der Waals surface area (Å²) in [5.41, 5.74) is 8.01. The molecule has 2 rings (SSSR count). The lowest BCUT2D eigenvalue weighted by Gasteiger charge is -2.10. The van der Waals surface area contributed by atoms with E-state index in [1.165, 1.54) is 12.1 Å². The highest BCUT2D eigenvalue weighted by molar-refractivity contribution is 6.30. The van der Waals surface area contributed by atoms with Crippen molar-refractivity contribution in [3.8, 4) is 5.75 Å². The van der Waals surface area contributed by atoms with Gasteiger partial charge in [-0.05, 0) is 36.2 Å². The number of nitrogens with two attached hydrogens (primary N) is 1. The van der Waals surface area contributed by atoms with Crippen LogP contribution in [0.25, 0.3) is 0 Å². The van der Waals surface area contributed by atoms with Gasteiger partial charge < -0.3 is 10.5 Å². The second kappa shape index (κ2) is 5.92. The molecule has 0 radical (unpaired) electrons. The van der Waals surface area contributed by atoms with Crippen molar-refractivity contribution in [1.29, 1.82) is 5.41 Å². The first-order valence-corrected chi connectivity index (χ1v) is 6.37. The summed E-state index contributed by atoms with van der Waals surface area (Å²) < 4.78 is 18.8. The molecule has 0 unspecified atom stereocenters. The first-order chi connectivity index (χ1) is 9.47. The summed E-state index contributed by atoms with van der Waals surface area (Å²) in [5.74, 6) is -0.0601. The number of amidine groups is 1. The van der Waals surface area contributed by atoms with Crippen molar-refractivity contribution in [2.24, 2.45) is 5.73 Å². The Labute approximate surface area is 121 Å². The van der Waals surface area contributed by atoms with Crippen LogP contribution in [0.5, 0.6) is 5.75 Å². The summed E-state index contributed by atoms with van der Waals surface area (Å²) in [6, 6.07) is 9.75. The molecule has 0 bridgehead atoms. The molecule has 0 aliphatic carbocycles. The quantitative estimate of drug-likeness (QED) is 0.667. The molecule has 104 valence electrons. The Balaban J connectivity index is 2.10. The van der Waals surface area contributed by atoms with Crippen molar-refractivity contribution in [3.63, 3.8) is 0 Å². The van der Waals surface area contributed by atoms with Crippen molar-refractivity contribution >= 4 is 17.4 Å². The monoisotopic (exact) mass is 292 g/mol. The average molecular weight is 293 g/mol. The van der Waals surface area contributed by atoms with Gasteiger partial charge in [0.15, 0.2) is 0 Å². The van der Waals surface area contributed by atoms with Crippen LogP contribution in [0, 0.1) is 18.2 Å². The van der Waals surface area contributed by atoms with E-state index in [-0.39, 0.29) is 10.9 Å². The van der Waals surface area contributed by atoms with Crippen LogP contribution >= 0.6 is 11.6 Å². The highest BCUT2D eigenvalue weighted by Gasteiger charge is 2.05. The lowest BCUT2D eigenvalue weighted by atomic mass is 10.1. The highest BCUT2D eigenvalue weighted by Crippen LogP contribution is 2.22. The zero-order chi connectivity index (χ0) is 14.7. The van der Waals surface area contributed by atoms with Crippen molar-refractivity contribution < 1.29 is 9.13 Å². The number of nitrogen functional groups attached to an aromatic ring is 1. The van der Waals surface area contributed by atoms with E-state index in [4.69, 9.17) is 27.5 Å². The zero-order valence-corrected chi connectivity index (χ0v) is 11.7. The Morgan fingerprint density at radius 1 is 1.30 bits per heavy atom. The molecule has 0 atom stereocenters. The number of hydrogen-bond acceptors (Lipinski definition) is 2. The molecule has 0 amide bonds. The highest BCUT2D eigenvalue weighted by atomic mass is 35.5. The third-order valence-corrected chi connectivity index (χ3v) is 3.25. The van der Waals surface area contributed by atoms with Crippen LogP contribution in [0.3, 0.4) is 0 Å². The topological polar surface area (TPSA) is 59.1 Å². The predicted molar refractivity (Wildman–Crippen MR) is 77.9 cm³/mol. The Morgan fingerprint density at radius 2 is 2.05 bits per heavy atom. The maximum atomic E-state index is 13.3. The molecule has 2 aromatic rings. The number of hydrogen-bond donors (Lipinski definition) is 2. The minimum absolute atomic E-state index is 0.0281. The van der Waals surface area contributed by atoms with Gasteiger partial charge in [-0.15, -0.1) is 0 Å². The second-order valence-corrected chi connectivity index (χ2v) is 4.83. The minimum atomic E-state index is -0.507. The van der Waals surface area contributed by atoms with Crippen LogP contribution in [0.2, 0.25) is 5.02 Å². The summed E-state index contributed by atoms with van der Waals surface area (Å²) in [6.07, 6.45) is 0.